The van der Waals surface area contributed by atoms with Crippen LogP contribution in [-0.2, 0) is 10.0 Å². The van der Waals surface area contributed by atoms with Gasteiger partial charge < -0.3 is 5.73 Å². The van der Waals surface area contributed by atoms with E-state index in [0.29, 0.717) is 11.3 Å². The molecule has 0 atom stereocenters. The van der Waals surface area contributed by atoms with Gasteiger partial charge in [0.25, 0.3) is 0 Å². The third-order valence-corrected chi connectivity index (χ3v) is 5.85. The van der Waals surface area contributed by atoms with E-state index in [1.54, 1.807) is 12.1 Å². The molecule has 1 aliphatic rings. The van der Waals surface area contributed by atoms with Crippen molar-refractivity contribution in [3.8, 4) is 0 Å². The van der Waals surface area contributed by atoms with Crippen LogP contribution in [0.5, 0.6) is 0 Å². The lowest BCUT2D eigenvalue weighted by Crippen LogP contribution is -2.30. The summed E-state index contributed by atoms with van der Waals surface area (Å²) in [4.78, 5) is 0.267. The minimum absolute atomic E-state index is 0.267. The van der Waals surface area contributed by atoms with Crippen LogP contribution in [0, 0.1) is 6.92 Å². The van der Waals surface area contributed by atoms with Crippen LogP contribution in [0.15, 0.2) is 18.2 Å². The van der Waals surface area contributed by atoms with Crippen molar-refractivity contribution in [1.82, 2.24) is 0 Å². The fourth-order valence-electron chi connectivity index (χ4n) is 2.50. The van der Waals surface area contributed by atoms with Crippen molar-refractivity contribution >= 4 is 32.9 Å². The number of hydrogen-bond acceptors (Lipinski definition) is 3. The standard InChI is InChI=1S/C14H20N2O2S2/c1-10-7-8-11(14(15)19)9-13(10)16-20(17,18)12-5-3-2-4-6-12/h7-9,12,16H,2-6H2,1H3,(H2,15,19). The van der Waals surface area contributed by atoms with Gasteiger partial charge in [-0.05, 0) is 31.4 Å². The van der Waals surface area contributed by atoms with E-state index in [1.807, 2.05) is 13.0 Å². The molecule has 0 saturated heterocycles. The summed E-state index contributed by atoms with van der Waals surface area (Å²) in [6, 6.07) is 5.33. The molecule has 2 rings (SSSR count). The third kappa shape index (κ3) is 3.49. The maximum Gasteiger partial charge on any atom is 0.235 e. The lowest BCUT2D eigenvalue weighted by Gasteiger charge is -2.23. The van der Waals surface area contributed by atoms with Gasteiger partial charge in [0, 0.05) is 5.56 Å². The average Bonchev–Trinajstić information content (AvgIpc) is 2.42. The minimum atomic E-state index is -3.34. The lowest BCUT2D eigenvalue weighted by molar-refractivity contribution is 0.486. The van der Waals surface area contributed by atoms with Gasteiger partial charge in [0.05, 0.1) is 10.9 Å². The first-order valence-electron chi connectivity index (χ1n) is 6.82. The Bertz CT molecular complexity index is 606. The predicted octanol–water partition coefficient (Wildman–Crippen LogP) is 2.70. The highest BCUT2D eigenvalue weighted by Gasteiger charge is 2.27. The molecule has 6 heteroatoms. The Kier molecular flexibility index (Phi) is 4.65. The summed E-state index contributed by atoms with van der Waals surface area (Å²) < 4.78 is 27.5. The van der Waals surface area contributed by atoms with E-state index >= 15 is 0 Å². The van der Waals surface area contributed by atoms with Gasteiger partial charge in [-0.3, -0.25) is 4.72 Å². The number of aryl methyl sites for hydroxylation is 1. The highest BCUT2D eigenvalue weighted by Crippen LogP contribution is 2.26. The first-order chi connectivity index (χ1) is 9.40. The zero-order valence-corrected chi connectivity index (χ0v) is 13.2. The number of nitrogens with two attached hydrogens (primary N) is 1. The molecule has 1 aliphatic carbocycles. The fourth-order valence-corrected chi connectivity index (χ4v) is 4.27. The molecule has 0 bridgehead atoms. The molecule has 1 saturated carbocycles. The van der Waals surface area contributed by atoms with Crippen LogP contribution in [-0.4, -0.2) is 18.7 Å². The predicted molar refractivity (Wildman–Crippen MR) is 86.5 cm³/mol. The number of rotatable bonds is 4. The zero-order valence-electron chi connectivity index (χ0n) is 11.6. The number of nitrogens with one attached hydrogen (secondary N) is 1. The maximum absolute atomic E-state index is 12.4. The van der Waals surface area contributed by atoms with Gasteiger partial charge in [0.15, 0.2) is 0 Å². The highest BCUT2D eigenvalue weighted by atomic mass is 32.2. The summed E-state index contributed by atoms with van der Waals surface area (Å²) in [5, 5.41) is -0.288. The Morgan fingerprint density at radius 3 is 2.55 bits per heavy atom. The van der Waals surface area contributed by atoms with E-state index in [2.05, 4.69) is 4.72 Å². The first-order valence-corrected chi connectivity index (χ1v) is 8.78. The quantitative estimate of drug-likeness (QED) is 0.839. The second-order valence-electron chi connectivity index (χ2n) is 5.30. The van der Waals surface area contributed by atoms with Gasteiger partial charge in [0.2, 0.25) is 10.0 Å². The van der Waals surface area contributed by atoms with Crippen molar-refractivity contribution in [3.05, 3.63) is 29.3 Å². The Balaban J connectivity index is 2.24. The molecule has 4 nitrogen and oxygen atoms in total. The van der Waals surface area contributed by atoms with E-state index in [1.165, 1.54) is 0 Å². The van der Waals surface area contributed by atoms with Crippen LogP contribution in [0.25, 0.3) is 0 Å². The molecular formula is C14H20N2O2S2. The molecule has 3 N–H and O–H groups in total. The molecule has 0 amide bonds. The number of anilines is 1. The molecule has 20 heavy (non-hydrogen) atoms. The summed E-state index contributed by atoms with van der Waals surface area (Å²) in [5.74, 6) is 0. The first kappa shape index (κ1) is 15.3. The van der Waals surface area contributed by atoms with E-state index in [0.717, 1.165) is 37.7 Å². The molecule has 1 aromatic carbocycles. The molecule has 0 aliphatic heterocycles. The van der Waals surface area contributed by atoms with E-state index in [4.69, 9.17) is 18.0 Å². The number of benzene rings is 1. The molecule has 0 heterocycles. The van der Waals surface area contributed by atoms with Crippen molar-refractivity contribution in [2.24, 2.45) is 5.73 Å². The van der Waals surface area contributed by atoms with Crippen molar-refractivity contribution in [3.63, 3.8) is 0 Å². The molecule has 0 unspecified atom stereocenters. The van der Waals surface area contributed by atoms with Gasteiger partial charge >= 0.3 is 0 Å². The lowest BCUT2D eigenvalue weighted by atomic mass is 10.0. The molecule has 110 valence electrons. The van der Waals surface area contributed by atoms with E-state index in [9.17, 15) is 8.42 Å². The minimum Gasteiger partial charge on any atom is -0.389 e. The molecule has 0 spiro atoms. The van der Waals surface area contributed by atoms with Gasteiger partial charge in [-0.1, -0.05) is 43.6 Å². The normalized spacial score (nSPS) is 16.9. The van der Waals surface area contributed by atoms with Crippen LogP contribution >= 0.6 is 12.2 Å². The van der Waals surface area contributed by atoms with Gasteiger partial charge in [-0.2, -0.15) is 0 Å². The third-order valence-electron chi connectivity index (χ3n) is 3.77. The Morgan fingerprint density at radius 2 is 1.95 bits per heavy atom. The average molecular weight is 312 g/mol. The molecule has 0 radical (unpaired) electrons. The van der Waals surface area contributed by atoms with Crippen LogP contribution in [0.2, 0.25) is 0 Å². The molecule has 1 aromatic rings. The Morgan fingerprint density at radius 1 is 1.30 bits per heavy atom. The number of thiocarbonyl (C=S) groups is 1. The van der Waals surface area contributed by atoms with Crippen molar-refractivity contribution < 1.29 is 8.42 Å². The summed E-state index contributed by atoms with van der Waals surface area (Å²) >= 11 is 4.93. The number of sulfonamides is 1. The van der Waals surface area contributed by atoms with Gasteiger partial charge in [-0.15, -0.1) is 0 Å². The van der Waals surface area contributed by atoms with Crippen LogP contribution in [0.4, 0.5) is 5.69 Å². The van der Waals surface area contributed by atoms with Gasteiger partial charge in [-0.25, -0.2) is 8.42 Å². The maximum atomic E-state index is 12.4. The number of hydrogen-bond donors (Lipinski definition) is 2. The topological polar surface area (TPSA) is 72.2 Å². The summed E-state index contributed by atoms with van der Waals surface area (Å²) in [7, 11) is -3.34. The Hall–Kier alpha value is -1.14. The Labute approximate surface area is 125 Å². The van der Waals surface area contributed by atoms with E-state index in [-0.39, 0.29) is 10.2 Å². The fraction of sp³-hybridized carbons (Fsp3) is 0.500. The molecule has 0 aromatic heterocycles. The molecule has 1 fully saturated rings. The van der Waals surface area contributed by atoms with Crippen LogP contribution in [0.1, 0.15) is 43.2 Å². The van der Waals surface area contributed by atoms with Gasteiger partial charge in [0.1, 0.15) is 4.99 Å². The van der Waals surface area contributed by atoms with Crippen LogP contribution in [0.3, 0.4) is 0 Å². The summed E-state index contributed by atoms with van der Waals surface area (Å²) in [6.07, 6.45) is 4.57. The van der Waals surface area contributed by atoms with E-state index < -0.39 is 10.0 Å². The SMILES string of the molecule is Cc1ccc(C(N)=S)cc1NS(=O)(=O)C1CCCCC1. The second-order valence-corrected chi connectivity index (χ2v) is 7.70. The second kappa shape index (κ2) is 6.10. The monoisotopic (exact) mass is 312 g/mol. The smallest absolute Gasteiger partial charge is 0.235 e. The molecular weight excluding hydrogens is 292 g/mol. The summed E-state index contributed by atoms with van der Waals surface area (Å²) in [6.45, 7) is 1.86. The largest absolute Gasteiger partial charge is 0.389 e. The van der Waals surface area contributed by atoms with Crippen LogP contribution < -0.4 is 10.5 Å². The highest BCUT2D eigenvalue weighted by molar-refractivity contribution is 7.93. The van der Waals surface area contributed by atoms with Crippen molar-refractivity contribution in [2.45, 2.75) is 44.3 Å². The van der Waals surface area contributed by atoms with Crippen molar-refractivity contribution in [2.75, 3.05) is 4.72 Å². The van der Waals surface area contributed by atoms with Crippen molar-refractivity contribution in [1.29, 1.82) is 0 Å². The summed E-state index contributed by atoms with van der Waals surface area (Å²) in [5.41, 5.74) is 7.70. The zero-order chi connectivity index (χ0) is 14.8.